The summed E-state index contributed by atoms with van der Waals surface area (Å²) in [6, 6.07) is 7.39. The molecule has 0 bridgehead atoms. The number of carbonyl (C=O) groups excluding carboxylic acids is 1. The molecule has 0 heterocycles. The van der Waals surface area contributed by atoms with Gasteiger partial charge in [-0.15, -0.1) is 0 Å². The van der Waals surface area contributed by atoms with E-state index in [0.29, 0.717) is 5.75 Å². The highest BCUT2D eigenvalue weighted by Crippen LogP contribution is 2.13. The number of rotatable bonds is 4. The summed E-state index contributed by atoms with van der Waals surface area (Å²) in [6.45, 7) is 2.16. The summed E-state index contributed by atoms with van der Waals surface area (Å²) >= 11 is 0. The minimum absolute atomic E-state index is 0.465. The van der Waals surface area contributed by atoms with Gasteiger partial charge in [0.25, 0.3) is 0 Å². The molecule has 0 unspecified atom stereocenters. The molecule has 0 radical (unpaired) electrons. The molecule has 1 aromatic carbocycles. The lowest BCUT2D eigenvalue weighted by Gasteiger charge is -2.09. The zero-order valence-electron chi connectivity index (χ0n) is 9.19. The highest BCUT2D eigenvalue weighted by atomic mass is 17.2. The van der Waals surface area contributed by atoms with E-state index in [-0.39, 0.29) is 0 Å². The van der Waals surface area contributed by atoms with Crippen molar-refractivity contribution in [1.82, 2.24) is 4.90 Å². The molecule has 0 fully saturated rings. The molecule has 0 aromatic heterocycles. The van der Waals surface area contributed by atoms with Gasteiger partial charge in [0.1, 0.15) is 0 Å². The Morgan fingerprint density at radius 2 is 1.87 bits per heavy atom. The van der Waals surface area contributed by atoms with Crippen LogP contribution >= 0.6 is 0 Å². The third-order valence-corrected chi connectivity index (χ3v) is 1.68. The first-order chi connectivity index (χ1) is 7.08. The van der Waals surface area contributed by atoms with E-state index in [0.717, 1.165) is 6.54 Å². The van der Waals surface area contributed by atoms with Crippen molar-refractivity contribution in [3.63, 3.8) is 0 Å². The van der Waals surface area contributed by atoms with E-state index in [2.05, 4.69) is 9.79 Å². The maximum atomic E-state index is 10.5. The molecule has 0 aliphatic carbocycles. The molecule has 0 saturated carbocycles. The third-order valence-electron chi connectivity index (χ3n) is 1.68. The van der Waals surface area contributed by atoms with Gasteiger partial charge in [-0.25, -0.2) is 4.79 Å². The average Bonchev–Trinajstić information content (AvgIpc) is 2.16. The second-order valence-corrected chi connectivity index (χ2v) is 3.54. The second-order valence-electron chi connectivity index (χ2n) is 3.54. The predicted octanol–water partition coefficient (Wildman–Crippen LogP) is 1.61. The van der Waals surface area contributed by atoms with Gasteiger partial charge in [0, 0.05) is 13.5 Å². The van der Waals surface area contributed by atoms with Crippen molar-refractivity contribution >= 4 is 5.97 Å². The lowest BCUT2D eigenvalue weighted by Crippen LogP contribution is -2.10. The Bertz CT molecular complexity index is 319. The molecule has 4 heteroatoms. The first kappa shape index (κ1) is 11.5. The van der Waals surface area contributed by atoms with Gasteiger partial charge in [-0.05, 0) is 31.8 Å². The van der Waals surface area contributed by atoms with Gasteiger partial charge < -0.3 is 4.90 Å². The lowest BCUT2D eigenvalue weighted by atomic mass is 10.2. The second kappa shape index (κ2) is 5.36. The molecule has 0 atom stereocenters. The van der Waals surface area contributed by atoms with Gasteiger partial charge in [0.05, 0.1) is 0 Å². The van der Waals surface area contributed by atoms with E-state index in [1.807, 2.05) is 26.2 Å². The van der Waals surface area contributed by atoms with Crippen molar-refractivity contribution in [3.05, 3.63) is 29.8 Å². The Labute approximate surface area is 89.3 Å². The quantitative estimate of drug-likeness (QED) is 0.557. The molecule has 4 nitrogen and oxygen atoms in total. The molecule has 0 amide bonds. The number of carbonyl (C=O) groups is 1. The minimum atomic E-state index is -0.465. The van der Waals surface area contributed by atoms with Crippen LogP contribution in [-0.2, 0) is 16.2 Å². The van der Waals surface area contributed by atoms with Gasteiger partial charge in [0.15, 0.2) is 5.75 Å². The standard InChI is InChI=1S/C11H15NO3/c1-9(13)14-15-11-6-4-10(5-7-11)8-12(2)3/h4-7H,8H2,1-3H3. The largest absolute Gasteiger partial charge is 0.352 e. The Kier molecular flexibility index (Phi) is 4.12. The highest BCUT2D eigenvalue weighted by molar-refractivity contribution is 5.65. The van der Waals surface area contributed by atoms with E-state index >= 15 is 0 Å². The average molecular weight is 209 g/mol. The van der Waals surface area contributed by atoms with Crippen LogP contribution < -0.4 is 4.89 Å². The summed E-state index contributed by atoms with van der Waals surface area (Å²) in [5, 5.41) is 0. The van der Waals surface area contributed by atoms with Crippen molar-refractivity contribution in [2.75, 3.05) is 14.1 Å². The molecular formula is C11H15NO3. The monoisotopic (exact) mass is 209 g/mol. The third kappa shape index (κ3) is 4.46. The van der Waals surface area contributed by atoms with Crippen LogP contribution in [0.5, 0.6) is 5.75 Å². The summed E-state index contributed by atoms with van der Waals surface area (Å²) in [6.07, 6.45) is 0. The van der Waals surface area contributed by atoms with E-state index < -0.39 is 5.97 Å². The van der Waals surface area contributed by atoms with Crippen LogP contribution in [0.2, 0.25) is 0 Å². The van der Waals surface area contributed by atoms with Crippen LogP contribution in [0, 0.1) is 0 Å². The minimum Gasteiger partial charge on any atom is -0.305 e. The summed E-state index contributed by atoms with van der Waals surface area (Å²) in [5.41, 5.74) is 1.18. The molecule has 0 spiro atoms. The van der Waals surface area contributed by atoms with Crippen molar-refractivity contribution in [2.24, 2.45) is 0 Å². The van der Waals surface area contributed by atoms with Crippen LogP contribution in [0.3, 0.4) is 0 Å². The molecule has 0 aliphatic heterocycles. The molecule has 0 saturated heterocycles. The van der Waals surface area contributed by atoms with Crippen LogP contribution in [-0.4, -0.2) is 25.0 Å². The Balaban J connectivity index is 2.52. The molecule has 0 N–H and O–H groups in total. The summed E-state index contributed by atoms with van der Waals surface area (Å²) < 4.78 is 0. The zero-order valence-corrected chi connectivity index (χ0v) is 9.19. The molecule has 82 valence electrons. The predicted molar refractivity (Wildman–Crippen MR) is 56.2 cm³/mol. The molecule has 1 rings (SSSR count). The van der Waals surface area contributed by atoms with Crippen LogP contribution in [0.4, 0.5) is 0 Å². The van der Waals surface area contributed by atoms with Gasteiger partial charge in [-0.1, -0.05) is 12.1 Å². The van der Waals surface area contributed by atoms with Crippen LogP contribution in [0.15, 0.2) is 24.3 Å². The van der Waals surface area contributed by atoms with Crippen molar-refractivity contribution < 1.29 is 14.6 Å². The molecule has 15 heavy (non-hydrogen) atoms. The van der Waals surface area contributed by atoms with E-state index in [9.17, 15) is 4.79 Å². The summed E-state index contributed by atoms with van der Waals surface area (Å²) in [5.74, 6) is 0.0556. The SMILES string of the molecule is CC(=O)OOc1ccc(CN(C)C)cc1. The van der Waals surface area contributed by atoms with Crippen LogP contribution in [0.25, 0.3) is 0 Å². The topological polar surface area (TPSA) is 38.8 Å². The number of benzene rings is 1. The van der Waals surface area contributed by atoms with Gasteiger partial charge in [0.2, 0.25) is 0 Å². The van der Waals surface area contributed by atoms with Gasteiger partial charge in [-0.2, -0.15) is 0 Å². The first-order valence-corrected chi connectivity index (χ1v) is 4.66. The normalized spacial score (nSPS) is 10.1. The zero-order chi connectivity index (χ0) is 11.3. The van der Waals surface area contributed by atoms with E-state index in [1.54, 1.807) is 12.1 Å². The Morgan fingerprint density at radius 3 is 2.33 bits per heavy atom. The summed E-state index contributed by atoms with van der Waals surface area (Å²) in [7, 11) is 4.01. The van der Waals surface area contributed by atoms with Crippen LogP contribution in [0.1, 0.15) is 12.5 Å². The number of hydrogen-bond acceptors (Lipinski definition) is 4. The van der Waals surface area contributed by atoms with Gasteiger partial charge >= 0.3 is 5.97 Å². The molecule has 0 aliphatic rings. The Hall–Kier alpha value is -1.55. The first-order valence-electron chi connectivity index (χ1n) is 4.66. The lowest BCUT2D eigenvalue weighted by molar-refractivity contribution is -0.210. The summed E-state index contributed by atoms with van der Waals surface area (Å²) in [4.78, 5) is 21.7. The van der Waals surface area contributed by atoms with Crippen molar-refractivity contribution in [2.45, 2.75) is 13.5 Å². The van der Waals surface area contributed by atoms with E-state index in [4.69, 9.17) is 4.89 Å². The fraction of sp³-hybridized carbons (Fsp3) is 0.364. The maximum Gasteiger partial charge on any atom is 0.352 e. The fourth-order valence-electron chi connectivity index (χ4n) is 1.12. The number of nitrogens with zero attached hydrogens (tertiary/aromatic N) is 1. The fourth-order valence-corrected chi connectivity index (χ4v) is 1.12. The maximum absolute atomic E-state index is 10.5. The molecule has 1 aromatic rings. The van der Waals surface area contributed by atoms with Crippen molar-refractivity contribution in [1.29, 1.82) is 0 Å². The van der Waals surface area contributed by atoms with E-state index in [1.165, 1.54) is 12.5 Å². The Morgan fingerprint density at radius 1 is 1.27 bits per heavy atom. The van der Waals surface area contributed by atoms with Gasteiger partial charge in [-0.3, -0.25) is 9.78 Å². The highest BCUT2D eigenvalue weighted by Gasteiger charge is 1.99. The number of hydrogen-bond donors (Lipinski definition) is 0. The smallest absolute Gasteiger partial charge is 0.305 e. The van der Waals surface area contributed by atoms with Crippen molar-refractivity contribution in [3.8, 4) is 5.75 Å². The molecular weight excluding hydrogens is 194 g/mol.